The van der Waals surface area contributed by atoms with Crippen molar-refractivity contribution in [1.29, 1.82) is 0 Å². The summed E-state index contributed by atoms with van der Waals surface area (Å²) in [5.74, 6) is 0.870. The molecule has 0 saturated carbocycles. The SMILES string of the molecule is CCCC1CCN(C(=O)c2csc(CN)n2)CC1. The van der Waals surface area contributed by atoms with Gasteiger partial charge in [0.1, 0.15) is 10.7 Å². The summed E-state index contributed by atoms with van der Waals surface area (Å²) in [5.41, 5.74) is 6.08. The van der Waals surface area contributed by atoms with Gasteiger partial charge in [0.05, 0.1) is 0 Å². The van der Waals surface area contributed by atoms with Crippen LogP contribution in [-0.2, 0) is 6.54 Å². The molecule has 0 radical (unpaired) electrons. The van der Waals surface area contributed by atoms with Gasteiger partial charge in [0.2, 0.25) is 0 Å². The van der Waals surface area contributed by atoms with Crippen LogP contribution in [0.1, 0.15) is 48.1 Å². The number of piperidine rings is 1. The number of hydrogen-bond acceptors (Lipinski definition) is 4. The number of likely N-dealkylation sites (tertiary alicyclic amines) is 1. The van der Waals surface area contributed by atoms with E-state index in [4.69, 9.17) is 5.73 Å². The topological polar surface area (TPSA) is 59.2 Å². The maximum absolute atomic E-state index is 12.2. The molecule has 5 heteroatoms. The Morgan fingerprint density at radius 1 is 1.56 bits per heavy atom. The Hall–Kier alpha value is -0.940. The Kier molecular flexibility index (Phi) is 4.72. The van der Waals surface area contributed by atoms with E-state index in [2.05, 4.69) is 11.9 Å². The van der Waals surface area contributed by atoms with Crippen LogP contribution in [0.3, 0.4) is 0 Å². The van der Waals surface area contributed by atoms with Crippen molar-refractivity contribution in [2.24, 2.45) is 11.7 Å². The molecule has 0 unspecified atom stereocenters. The Bertz CT molecular complexity index is 397. The molecule has 1 amide bonds. The highest BCUT2D eigenvalue weighted by molar-refractivity contribution is 7.09. The second-order valence-corrected chi connectivity index (χ2v) is 5.80. The van der Waals surface area contributed by atoms with E-state index in [-0.39, 0.29) is 5.91 Å². The highest BCUT2D eigenvalue weighted by Crippen LogP contribution is 2.23. The largest absolute Gasteiger partial charge is 0.337 e. The normalized spacial score (nSPS) is 17.1. The van der Waals surface area contributed by atoms with Gasteiger partial charge < -0.3 is 10.6 Å². The number of thiazole rings is 1. The molecule has 0 aromatic carbocycles. The Labute approximate surface area is 112 Å². The average molecular weight is 267 g/mol. The first kappa shape index (κ1) is 13.5. The van der Waals surface area contributed by atoms with Crippen LogP contribution < -0.4 is 5.73 Å². The van der Waals surface area contributed by atoms with Crippen molar-refractivity contribution in [2.45, 2.75) is 39.2 Å². The Morgan fingerprint density at radius 2 is 2.28 bits per heavy atom. The van der Waals surface area contributed by atoms with Crippen molar-refractivity contribution in [3.63, 3.8) is 0 Å². The van der Waals surface area contributed by atoms with E-state index in [0.717, 1.165) is 36.9 Å². The van der Waals surface area contributed by atoms with Gasteiger partial charge in [-0.2, -0.15) is 0 Å². The molecule has 1 aromatic heterocycles. The maximum Gasteiger partial charge on any atom is 0.273 e. The smallest absolute Gasteiger partial charge is 0.273 e. The fourth-order valence-corrected chi connectivity index (χ4v) is 3.15. The van der Waals surface area contributed by atoms with Gasteiger partial charge in [-0.3, -0.25) is 4.79 Å². The third-order valence-corrected chi connectivity index (χ3v) is 4.42. The molecule has 2 N–H and O–H groups in total. The lowest BCUT2D eigenvalue weighted by Crippen LogP contribution is -2.38. The number of nitrogens with zero attached hydrogens (tertiary/aromatic N) is 2. The fraction of sp³-hybridized carbons (Fsp3) is 0.692. The standard InChI is InChI=1S/C13H21N3OS/c1-2-3-10-4-6-16(7-5-10)13(17)11-9-18-12(8-14)15-11/h9-10H,2-8,14H2,1H3. The van der Waals surface area contributed by atoms with Crippen LogP contribution >= 0.6 is 11.3 Å². The summed E-state index contributed by atoms with van der Waals surface area (Å²) in [7, 11) is 0. The van der Waals surface area contributed by atoms with Crippen molar-refractivity contribution in [3.05, 3.63) is 16.1 Å². The van der Waals surface area contributed by atoms with Gasteiger partial charge in [0.25, 0.3) is 5.91 Å². The van der Waals surface area contributed by atoms with E-state index in [1.807, 2.05) is 10.3 Å². The van der Waals surface area contributed by atoms with E-state index >= 15 is 0 Å². The van der Waals surface area contributed by atoms with Crippen molar-refractivity contribution in [1.82, 2.24) is 9.88 Å². The van der Waals surface area contributed by atoms with E-state index in [0.29, 0.717) is 12.2 Å². The van der Waals surface area contributed by atoms with E-state index in [9.17, 15) is 4.79 Å². The van der Waals surface area contributed by atoms with Crippen LogP contribution in [0.4, 0.5) is 0 Å². The van der Waals surface area contributed by atoms with Crippen molar-refractivity contribution < 1.29 is 4.79 Å². The molecule has 0 atom stereocenters. The van der Waals surface area contributed by atoms with Crippen LogP contribution in [0.15, 0.2) is 5.38 Å². The van der Waals surface area contributed by atoms with Gasteiger partial charge in [0.15, 0.2) is 0 Å². The number of carbonyl (C=O) groups is 1. The lowest BCUT2D eigenvalue weighted by molar-refractivity contribution is 0.0681. The van der Waals surface area contributed by atoms with Crippen molar-refractivity contribution in [3.8, 4) is 0 Å². The molecule has 0 aliphatic carbocycles. The van der Waals surface area contributed by atoms with Gasteiger partial charge in [-0.1, -0.05) is 19.8 Å². The van der Waals surface area contributed by atoms with Gasteiger partial charge in [-0.15, -0.1) is 11.3 Å². The van der Waals surface area contributed by atoms with Gasteiger partial charge >= 0.3 is 0 Å². The van der Waals surface area contributed by atoms with Gasteiger partial charge in [-0.25, -0.2) is 4.98 Å². The summed E-state index contributed by atoms with van der Waals surface area (Å²) in [6.45, 7) is 4.38. The monoisotopic (exact) mass is 267 g/mol. The third kappa shape index (κ3) is 3.09. The van der Waals surface area contributed by atoms with Crippen molar-refractivity contribution >= 4 is 17.2 Å². The third-order valence-electron chi connectivity index (χ3n) is 3.54. The van der Waals surface area contributed by atoms with Crippen LogP contribution in [0.25, 0.3) is 0 Å². The average Bonchev–Trinajstić information content (AvgIpc) is 2.88. The number of rotatable bonds is 4. The molecule has 1 aromatic rings. The molecule has 0 bridgehead atoms. The molecular weight excluding hydrogens is 246 g/mol. The minimum absolute atomic E-state index is 0.0703. The number of amides is 1. The molecule has 1 aliphatic rings. The zero-order chi connectivity index (χ0) is 13.0. The van der Waals surface area contributed by atoms with Crippen LogP contribution in [-0.4, -0.2) is 28.9 Å². The molecule has 4 nitrogen and oxygen atoms in total. The molecule has 1 fully saturated rings. The highest BCUT2D eigenvalue weighted by Gasteiger charge is 2.24. The summed E-state index contributed by atoms with van der Waals surface area (Å²) < 4.78 is 0. The lowest BCUT2D eigenvalue weighted by atomic mass is 9.92. The van der Waals surface area contributed by atoms with Gasteiger partial charge in [-0.05, 0) is 18.8 Å². The predicted molar refractivity (Wildman–Crippen MR) is 73.5 cm³/mol. The molecular formula is C13H21N3OS. The maximum atomic E-state index is 12.2. The first-order valence-corrected chi connectivity index (χ1v) is 7.56. The molecule has 1 aliphatic heterocycles. The summed E-state index contributed by atoms with van der Waals surface area (Å²) in [5, 5.41) is 2.65. The molecule has 100 valence electrons. The second kappa shape index (κ2) is 6.29. The molecule has 0 spiro atoms. The Balaban J connectivity index is 1.91. The number of aromatic nitrogens is 1. The Morgan fingerprint density at radius 3 is 2.83 bits per heavy atom. The zero-order valence-electron chi connectivity index (χ0n) is 10.9. The summed E-state index contributed by atoms with van der Waals surface area (Å²) in [6, 6.07) is 0. The fourth-order valence-electron chi connectivity index (χ4n) is 2.50. The second-order valence-electron chi connectivity index (χ2n) is 4.85. The van der Waals surface area contributed by atoms with Crippen molar-refractivity contribution in [2.75, 3.05) is 13.1 Å². The molecule has 1 saturated heterocycles. The summed E-state index contributed by atoms with van der Waals surface area (Å²) in [4.78, 5) is 18.4. The number of hydrogen-bond donors (Lipinski definition) is 1. The molecule has 2 heterocycles. The molecule has 2 rings (SSSR count). The van der Waals surface area contributed by atoms with Crippen LogP contribution in [0.5, 0.6) is 0 Å². The number of carbonyl (C=O) groups excluding carboxylic acids is 1. The number of nitrogens with two attached hydrogens (primary N) is 1. The highest BCUT2D eigenvalue weighted by atomic mass is 32.1. The van der Waals surface area contributed by atoms with Gasteiger partial charge in [0, 0.05) is 25.0 Å². The van der Waals surface area contributed by atoms with E-state index < -0.39 is 0 Å². The first-order valence-electron chi connectivity index (χ1n) is 6.68. The zero-order valence-corrected chi connectivity index (χ0v) is 11.7. The van der Waals surface area contributed by atoms with E-state index in [1.54, 1.807) is 0 Å². The lowest BCUT2D eigenvalue weighted by Gasteiger charge is -2.31. The van der Waals surface area contributed by atoms with E-state index in [1.165, 1.54) is 24.2 Å². The van der Waals surface area contributed by atoms with Crippen LogP contribution in [0, 0.1) is 5.92 Å². The first-order chi connectivity index (χ1) is 8.74. The summed E-state index contributed by atoms with van der Waals surface area (Å²) >= 11 is 1.47. The minimum atomic E-state index is 0.0703. The molecule has 18 heavy (non-hydrogen) atoms. The quantitative estimate of drug-likeness (QED) is 0.910. The summed E-state index contributed by atoms with van der Waals surface area (Å²) in [6.07, 6.45) is 4.79. The minimum Gasteiger partial charge on any atom is -0.337 e. The van der Waals surface area contributed by atoms with Crippen LogP contribution in [0.2, 0.25) is 0 Å². The predicted octanol–water partition coefficient (Wildman–Crippen LogP) is 2.25.